The predicted molar refractivity (Wildman–Crippen MR) is 84.2 cm³/mol. The third kappa shape index (κ3) is 2.65. The van der Waals surface area contributed by atoms with Crippen LogP contribution in [0.1, 0.15) is 28.1 Å². The van der Waals surface area contributed by atoms with Gasteiger partial charge in [-0.15, -0.1) is 0 Å². The first-order valence-corrected chi connectivity index (χ1v) is 7.59. The quantitative estimate of drug-likeness (QED) is 0.944. The Morgan fingerprint density at radius 2 is 2.19 bits per heavy atom. The second kappa shape index (κ2) is 5.70. The Morgan fingerprint density at radius 1 is 1.38 bits per heavy atom. The van der Waals surface area contributed by atoms with Gasteiger partial charge < -0.3 is 10.1 Å². The molecule has 0 bridgehead atoms. The van der Waals surface area contributed by atoms with Crippen LogP contribution >= 0.6 is 11.6 Å². The van der Waals surface area contributed by atoms with Crippen LogP contribution in [0, 0.1) is 13.8 Å². The maximum absolute atomic E-state index is 6.23. The maximum Gasteiger partial charge on any atom is 0.127 e. The minimum absolute atomic E-state index is 0.694. The first kappa shape index (κ1) is 14.4. The molecule has 1 aliphatic rings. The second-order valence-corrected chi connectivity index (χ2v) is 5.93. The lowest BCUT2D eigenvalue weighted by Crippen LogP contribution is -2.09. The van der Waals surface area contributed by atoms with Gasteiger partial charge in [0.05, 0.1) is 18.8 Å². The monoisotopic (exact) mass is 305 g/mol. The van der Waals surface area contributed by atoms with Crippen molar-refractivity contribution in [2.75, 3.05) is 13.7 Å². The Kier molecular flexibility index (Phi) is 3.91. The van der Waals surface area contributed by atoms with E-state index in [-0.39, 0.29) is 0 Å². The summed E-state index contributed by atoms with van der Waals surface area (Å²) < 4.78 is 7.81. The molecule has 0 amide bonds. The minimum atomic E-state index is 0.694. The molecule has 0 saturated heterocycles. The molecule has 0 radical (unpaired) electrons. The number of fused-ring (bicyclic) bond motifs is 1. The summed E-state index contributed by atoms with van der Waals surface area (Å²) in [7, 11) is 1.95. The molecule has 0 atom stereocenters. The van der Waals surface area contributed by atoms with E-state index in [0.29, 0.717) is 6.54 Å². The van der Waals surface area contributed by atoms with Crippen molar-refractivity contribution in [2.24, 2.45) is 0 Å². The van der Waals surface area contributed by atoms with E-state index in [1.54, 1.807) is 0 Å². The third-order valence-electron chi connectivity index (χ3n) is 4.03. The molecular formula is C16H20ClN3O. The highest BCUT2D eigenvalue weighted by Gasteiger charge is 2.19. The smallest absolute Gasteiger partial charge is 0.127 e. The summed E-state index contributed by atoms with van der Waals surface area (Å²) in [5.74, 6) is 0.988. The number of aryl methyl sites for hydroxylation is 1. The van der Waals surface area contributed by atoms with Crippen LogP contribution in [0.3, 0.4) is 0 Å². The van der Waals surface area contributed by atoms with Crippen LogP contribution in [0.15, 0.2) is 12.1 Å². The van der Waals surface area contributed by atoms with E-state index in [2.05, 4.69) is 24.3 Å². The molecule has 1 aromatic carbocycles. The zero-order chi connectivity index (χ0) is 15.0. The van der Waals surface area contributed by atoms with Crippen LogP contribution in [-0.4, -0.2) is 23.4 Å². The molecule has 1 N–H and O–H groups in total. The minimum Gasteiger partial charge on any atom is -0.493 e. The molecule has 1 aliphatic heterocycles. The molecule has 0 fully saturated rings. The van der Waals surface area contributed by atoms with Gasteiger partial charge in [-0.3, -0.25) is 4.68 Å². The number of halogens is 1. The van der Waals surface area contributed by atoms with Crippen LogP contribution in [0.2, 0.25) is 5.02 Å². The molecule has 0 saturated carbocycles. The largest absolute Gasteiger partial charge is 0.493 e. The summed E-state index contributed by atoms with van der Waals surface area (Å²) in [5, 5.41) is 8.62. The third-order valence-corrected chi connectivity index (χ3v) is 4.25. The summed E-state index contributed by atoms with van der Waals surface area (Å²) in [4.78, 5) is 0. The zero-order valence-electron chi connectivity index (χ0n) is 12.7. The molecule has 112 valence electrons. The topological polar surface area (TPSA) is 39.1 Å². The Hall–Kier alpha value is -1.52. The molecule has 21 heavy (non-hydrogen) atoms. The van der Waals surface area contributed by atoms with Gasteiger partial charge in [-0.2, -0.15) is 5.10 Å². The van der Waals surface area contributed by atoms with Crippen LogP contribution in [0.25, 0.3) is 0 Å². The van der Waals surface area contributed by atoms with Crippen molar-refractivity contribution < 1.29 is 4.74 Å². The highest BCUT2D eigenvalue weighted by Crippen LogP contribution is 2.33. The van der Waals surface area contributed by atoms with Crippen molar-refractivity contribution in [1.82, 2.24) is 15.1 Å². The summed E-state index contributed by atoms with van der Waals surface area (Å²) in [6.07, 6.45) is 0.936. The lowest BCUT2D eigenvalue weighted by molar-refractivity contribution is 0.352. The Labute approximate surface area is 130 Å². The van der Waals surface area contributed by atoms with E-state index in [9.17, 15) is 0 Å². The lowest BCUT2D eigenvalue weighted by atomic mass is 10.1. The van der Waals surface area contributed by atoms with Crippen molar-refractivity contribution in [2.45, 2.75) is 33.4 Å². The molecule has 5 heteroatoms. The van der Waals surface area contributed by atoms with Gasteiger partial charge in [0.1, 0.15) is 5.75 Å². The van der Waals surface area contributed by atoms with E-state index >= 15 is 0 Å². The van der Waals surface area contributed by atoms with Gasteiger partial charge in [0.25, 0.3) is 0 Å². The van der Waals surface area contributed by atoms with Crippen LogP contribution in [0.4, 0.5) is 0 Å². The van der Waals surface area contributed by atoms with Crippen LogP contribution in [0.5, 0.6) is 5.75 Å². The first-order chi connectivity index (χ1) is 10.1. The van der Waals surface area contributed by atoms with E-state index < -0.39 is 0 Å². The number of nitrogens with one attached hydrogen (secondary N) is 1. The van der Waals surface area contributed by atoms with Gasteiger partial charge in [0.2, 0.25) is 0 Å². The molecular weight excluding hydrogens is 286 g/mol. The van der Waals surface area contributed by atoms with Gasteiger partial charge in [-0.05, 0) is 38.6 Å². The fraction of sp³-hybridized carbons (Fsp3) is 0.438. The number of ether oxygens (including phenoxy) is 1. The average molecular weight is 306 g/mol. The molecule has 1 aromatic heterocycles. The molecule has 0 aliphatic carbocycles. The predicted octanol–water partition coefficient (Wildman–Crippen LogP) is 2.86. The fourth-order valence-corrected chi connectivity index (χ4v) is 3.21. The molecule has 4 nitrogen and oxygen atoms in total. The van der Waals surface area contributed by atoms with Gasteiger partial charge >= 0.3 is 0 Å². The van der Waals surface area contributed by atoms with Crippen molar-refractivity contribution in [1.29, 1.82) is 0 Å². The summed E-state index contributed by atoms with van der Waals surface area (Å²) in [6, 6.07) is 3.99. The average Bonchev–Trinajstić information content (AvgIpc) is 2.99. The van der Waals surface area contributed by atoms with Crippen LogP contribution < -0.4 is 10.1 Å². The van der Waals surface area contributed by atoms with E-state index in [0.717, 1.165) is 41.6 Å². The summed E-state index contributed by atoms with van der Waals surface area (Å²) in [5.41, 5.74) is 5.83. The molecule has 2 heterocycles. The standard InChI is InChI=1S/C16H20ClN3O/c1-10-15(8-18-3)11(2)20(19-10)9-13-7-14(17)6-12-4-5-21-16(12)13/h6-7,18H,4-5,8-9H2,1-3H3. The fourth-order valence-electron chi connectivity index (χ4n) is 2.95. The Bertz CT molecular complexity index is 679. The van der Waals surface area contributed by atoms with Crippen molar-refractivity contribution in [3.8, 4) is 5.75 Å². The van der Waals surface area contributed by atoms with Gasteiger partial charge in [-0.1, -0.05) is 11.6 Å². The second-order valence-electron chi connectivity index (χ2n) is 5.49. The lowest BCUT2D eigenvalue weighted by Gasteiger charge is -2.11. The SMILES string of the molecule is CNCc1c(C)nn(Cc2cc(Cl)cc3c2OCC3)c1C. The maximum atomic E-state index is 6.23. The van der Waals surface area contributed by atoms with E-state index in [1.165, 1.54) is 16.8 Å². The van der Waals surface area contributed by atoms with Crippen molar-refractivity contribution in [3.05, 3.63) is 45.2 Å². The molecule has 0 spiro atoms. The van der Waals surface area contributed by atoms with Gasteiger partial charge in [-0.25, -0.2) is 0 Å². The number of benzene rings is 1. The number of aromatic nitrogens is 2. The van der Waals surface area contributed by atoms with Gasteiger partial charge in [0.15, 0.2) is 0 Å². The molecule has 2 aromatic rings. The highest BCUT2D eigenvalue weighted by atomic mass is 35.5. The van der Waals surface area contributed by atoms with E-state index in [4.69, 9.17) is 16.3 Å². The van der Waals surface area contributed by atoms with Crippen LogP contribution in [-0.2, 0) is 19.5 Å². The van der Waals surface area contributed by atoms with Crippen molar-refractivity contribution >= 4 is 11.6 Å². The number of rotatable bonds is 4. The van der Waals surface area contributed by atoms with Crippen molar-refractivity contribution in [3.63, 3.8) is 0 Å². The Morgan fingerprint density at radius 3 is 2.95 bits per heavy atom. The summed E-state index contributed by atoms with van der Waals surface area (Å²) in [6.45, 7) is 6.43. The normalized spacial score (nSPS) is 13.3. The summed E-state index contributed by atoms with van der Waals surface area (Å²) >= 11 is 6.23. The Balaban J connectivity index is 1.96. The highest BCUT2D eigenvalue weighted by molar-refractivity contribution is 6.30. The molecule has 0 unspecified atom stereocenters. The zero-order valence-corrected chi connectivity index (χ0v) is 13.4. The molecule has 3 rings (SSSR count). The van der Waals surface area contributed by atoms with Gasteiger partial charge in [0, 0.05) is 34.8 Å². The first-order valence-electron chi connectivity index (χ1n) is 7.21. The number of hydrogen-bond acceptors (Lipinski definition) is 3. The van der Waals surface area contributed by atoms with E-state index in [1.807, 2.05) is 23.9 Å². The number of nitrogens with zero attached hydrogens (tertiary/aromatic N) is 2. The number of hydrogen-bond donors (Lipinski definition) is 1.